The quantitative estimate of drug-likeness (QED) is 0.614. The maximum Gasteiger partial charge on any atom is 0.294 e. The molecule has 3 rings (SSSR count). The summed E-state index contributed by atoms with van der Waals surface area (Å²) in [4.78, 5) is 20.7. The predicted octanol–water partition coefficient (Wildman–Crippen LogP) is 2.02. The average Bonchev–Trinajstić information content (AvgIpc) is 3.01. The summed E-state index contributed by atoms with van der Waals surface area (Å²) in [5.74, 6) is 3.44. The Labute approximate surface area is 163 Å². The molecule has 150 valence electrons. The fourth-order valence-corrected chi connectivity index (χ4v) is 5.08. The number of hydrogen-bond acceptors (Lipinski definition) is 7. The van der Waals surface area contributed by atoms with Crippen LogP contribution in [-0.2, 0) is 21.5 Å². The summed E-state index contributed by atoms with van der Waals surface area (Å²) in [6.45, 7) is 6.73. The van der Waals surface area contributed by atoms with E-state index in [1.165, 1.54) is 12.1 Å². The zero-order valence-corrected chi connectivity index (χ0v) is 17.1. The van der Waals surface area contributed by atoms with Crippen molar-refractivity contribution in [3.8, 4) is 0 Å². The van der Waals surface area contributed by atoms with Crippen LogP contribution in [0, 0.1) is 12.7 Å². The molecule has 0 bridgehead atoms. The molecule has 28 heavy (non-hydrogen) atoms. The normalized spacial score (nSPS) is 26.7. The Morgan fingerprint density at radius 1 is 1.39 bits per heavy atom. The van der Waals surface area contributed by atoms with Crippen molar-refractivity contribution in [2.24, 2.45) is 10.7 Å². The number of carbonyl (C=O) groups excluding carboxylic acids is 1. The zero-order chi connectivity index (χ0) is 20.9. The molecule has 1 aliphatic rings. The standard InChI is InChI=1S/C19H23FN4O3S/c1-11-22-16(27-24-11)15(25)9-12-6-7-14(20)13(8-12)19(4)10-28(5,26)18(2,3)17(21)23-19/h6-8H,5,9-10H2,1-4H3,(H2,21,23)/t19-,28?/m0/s1. The van der Waals surface area contributed by atoms with Crippen molar-refractivity contribution in [1.29, 1.82) is 0 Å². The first kappa shape index (κ1) is 20.2. The lowest BCUT2D eigenvalue weighted by Crippen LogP contribution is -2.54. The molecule has 2 atom stereocenters. The molecule has 0 spiro atoms. The second-order valence-corrected chi connectivity index (χ2v) is 10.7. The number of aryl methyl sites for hydroxylation is 1. The molecule has 2 heterocycles. The number of amidine groups is 1. The highest BCUT2D eigenvalue weighted by atomic mass is 32.2. The summed E-state index contributed by atoms with van der Waals surface area (Å²) in [6.07, 6.45) is -0.0462. The van der Waals surface area contributed by atoms with Crippen LogP contribution in [0.4, 0.5) is 4.39 Å². The molecule has 7 nitrogen and oxygen atoms in total. The first-order chi connectivity index (χ1) is 12.9. The summed E-state index contributed by atoms with van der Waals surface area (Å²) < 4.78 is 31.8. The van der Waals surface area contributed by atoms with Gasteiger partial charge in [0, 0.05) is 17.7 Å². The fourth-order valence-electron chi connectivity index (χ4n) is 3.16. The van der Waals surface area contributed by atoms with Crippen LogP contribution in [-0.4, -0.2) is 42.3 Å². The van der Waals surface area contributed by atoms with Gasteiger partial charge in [-0.25, -0.2) is 4.39 Å². The molecule has 1 aromatic carbocycles. The fraction of sp³-hybridized carbons (Fsp3) is 0.421. The number of halogens is 1. The SMILES string of the molecule is C=S1(=O)C[C@@](C)(c2cc(CC(=O)c3nc(C)no3)ccc2F)N=C(N)C1(C)C. The highest BCUT2D eigenvalue weighted by molar-refractivity contribution is 8.02. The Bertz CT molecular complexity index is 1090. The molecule has 2 aromatic rings. The van der Waals surface area contributed by atoms with E-state index in [2.05, 4.69) is 21.0 Å². The molecule has 0 saturated carbocycles. The minimum absolute atomic E-state index is 0.0462. The van der Waals surface area contributed by atoms with Gasteiger partial charge in [0.25, 0.3) is 5.89 Å². The number of aliphatic imine (C=N–C) groups is 1. The van der Waals surface area contributed by atoms with E-state index in [9.17, 15) is 13.4 Å². The highest BCUT2D eigenvalue weighted by Crippen LogP contribution is 2.38. The number of rotatable bonds is 4. The van der Waals surface area contributed by atoms with E-state index in [1.807, 2.05) is 0 Å². The summed E-state index contributed by atoms with van der Waals surface area (Å²) in [5.41, 5.74) is 5.69. The molecule has 0 aliphatic carbocycles. The predicted molar refractivity (Wildman–Crippen MR) is 107 cm³/mol. The van der Waals surface area contributed by atoms with Crippen LogP contribution in [0.1, 0.15) is 48.4 Å². The van der Waals surface area contributed by atoms with E-state index in [0.29, 0.717) is 11.4 Å². The molecule has 1 unspecified atom stereocenters. The minimum Gasteiger partial charge on any atom is -0.386 e. The summed E-state index contributed by atoms with van der Waals surface area (Å²) >= 11 is 0. The molecule has 9 heteroatoms. The van der Waals surface area contributed by atoms with Gasteiger partial charge in [0.05, 0.1) is 10.3 Å². The Morgan fingerprint density at radius 2 is 2.07 bits per heavy atom. The van der Waals surface area contributed by atoms with Crippen molar-refractivity contribution in [3.63, 3.8) is 0 Å². The number of nitrogens with two attached hydrogens (primary N) is 1. The van der Waals surface area contributed by atoms with Crippen molar-refractivity contribution >= 4 is 27.0 Å². The van der Waals surface area contributed by atoms with E-state index in [-0.39, 0.29) is 35.2 Å². The summed E-state index contributed by atoms with van der Waals surface area (Å²) in [5, 5.41) is 3.60. The Balaban J connectivity index is 2.00. The molecule has 1 aliphatic heterocycles. The van der Waals surface area contributed by atoms with E-state index < -0.39 is 25.6 Å². The molecular weight excluding hydrogens is 383 g/mol. The molecular formula is C19H23FN4O3S. The second kappa shape index (κ2) is 6.51. The minimum atomic E-state index is -2.68. The van der Waals surface area contributed by atoms with Crippen LogP contribution in [0.15, 0.2) is 27.7 Å². The lowest BCUT2D eigenvalue weighted by Gasteiger charge is -2.41. The van der Waals surface area contributed by atoms with Gasteiger partial charge in [-0.2, -0.15) is 4.98 Å². The van der Waals surface area contributed by atoms with Gasteiger partial charge in [-0.3, -0.25) is 14.0 Å². The van der Waals surface area contributed by atoms with Crippen molar-refractivity contribution < 1.29 is 17.9 Å². The van der Waals surface area contributed by atoms with E-state index in [0.717, 1.165) is 0 Å². The second-order valence-electron chi connectivity index (χ2n) is 7.80. The van der Waals surface area contributed by atoms with Crippen molar-refractivity contribution in [2.75, 3.05) is 5.75 Å². The lowest BCUT2D eigenvalue weighted by molar-refractivity contribution is 0.0950. The molecule has 0 radical (unpaired) electrons. The third-order valence-electron chi connectivity index (χ3n) is 5.17. The van der Waals surface area contributed by atoms with Crippen molar-refractivity contribution in [1.82, 2.24) is 10.1 Å². The number of benzene rings is 1. The van der Waals surface area contributed by atoms with Gasteiger partial charge < -0.3 is 10.3 Å². The first-order valence-electron chi connectivity index (χ1n) is 8.68. The van der Waals surface area contributed by atoms with Crippen molar-refractivity contribution in [2.45, 2.75) is 44.4 Å². The Morgan fingerprint density at radius 3 is 2.64 bits per heavy atom. The summed E-state index contributed by atoms with van der Waals surface area (Å²) in [6, 6.07) is 4.31. The molecule has 0 amide bonds. The van der Waals surface area contributed by atoms with Gasteiger partial charge in [0.2, 0.25) is 5.78 Å². The van der Waals surface area contributed by atoms with Crippen LogP contribution in [0.5, 0.6) is 0 Å². The van der Waals surface area contributed by atoms with Gasteiger partial charge in [-0.05, 0) is 60.8 Å². The molecule has 1 aromatic heterocycles. The topological polar surface area (TPSA) is 111 Å². The first-order valence-corrected chi connectivity index (χ1v) is 10.6. The molecule has 0 fully saturated rings. The zero-order valence-electron chi connectivity index (χ0n) is 16.3. The number of Topliss-reactive ketones (excluding diaryl/α,β-unsaturated/α-hetero) is 1. The van der Waals surface area contributed by atoms with E-state index >= 15 is 0 Å². The molecule has 2 N–H and O–H groups in total. The summed E-state index contributed by atoms with van der Waals surface area (Å²) in [7, 11) is -2.68. The number of aromatic nitrogens is 2. The van der Waals surface area contributed by atoms with Gasteiger partial charge in [-0.15, -0.1) is 0 Å². The van der Waals surface area contributed by atoms with Gasteiger partial charge >= 0.3 is 0 Å². The smallest absolute Gasteiger partial charge is 0.294 e. The van der Waals surface area contributed by atoms with E-state index in [4.69, 9.17) is 10.3 Å². The van der Waals surface area contributed by atoms with Crippen LogP contribution >= 0.6 is 0 Å². The third kappa shape index (κ3) is 3.34. The van der Waals surface area contributed by atoms with Gasteiger partial charge in [0.1, 0.15) is 11.7 Å². The Kier molecular flexibility index (Phi) is 4.69. The number of hydrogen-bond donors (Lipinski definition) is 1. The molecule has 0 saturated heterocycles. The van der Waals surface area contributed by atoms with Crippen molar-refractivity contribution in [3.05, 3.63) is 46.9 Å². The lowest BCUT2D eigenvalue weighted by atomic mass is 9.91. The van der Waals surface area contributed by atoms with Crippen LogP contribution in [0.25, 0.3) is 0 Å². The monoisotopic (exact) mass is 406 g/mol. The average molecular weight is 406 g/mol. The number of carbonyl (C=O) groups is 1. The number of nitrogens with zero attached hydrogens (tertiary/aromatic N) is 3. The maximum absolute atomic E-state index is 14.7. The highest BCUT2D eigenvalue weighted by Gasteiger charge is 2.45. The van der Waals surface area contributed by atoms with Gasteiger partial charge in [-0.1, -0.05) is 11.2 Å². The third-order valence-corrected chi connectivity index (χ3v) is 8.27. The van der Waals surface area contributed by atoms with Crippen LogP contribution < -0.4 is 5.73 Å². The van der Waals surface area contributed by atoms with Crippen LogP contribution in [0.3, 0.4) is 0 Å². The maximum atomic E-state index is 14.7. The van der Waals surface area contributed by atoms with Crippen LogP contribution in [0.2, 0.25) is 0 Å². The van der Waals surface area contributed by atoms with Gasteiger partial charge in [0.15, 0.2) is 5.82 Å². The number of ketones is 1. The Hall–Kier alpha value is -2.55. The van der Waals surface area contributed by atoms with E-state index in [1.54, 1.807) is 33.8 Å². The largest absolute Gasteiger partial charge is 0.386 e.